The van der Waals surface area contributed by atoms with Crippen molar-refractivity contribution in [2.24, 2.45) is 5.73 Å². The number of nitrogens with zero attached hydrogens (tertiary/aromatic N) is 1. The lowest BCUT2D eigenvalue weighted by Crippen LogP contribution is -2.25. The van der Waals surface area contributed by atoms with Crippen molar-refractivity contribution in [3.8, 4) is 0 Å². The predicted octanol–water partition coefficient (Wildman–Crippen LogP) is 3.46. The van der Waals surface area contributed by atoms with Gasteiger partial charge in [-0.3, -0.25) is 0 Å². The quantitative estimate of drug-likeness (QED) is 0.884. The summed E-state index contributed by atoms with van der Waals surface area (Å²) in [6, 6.07) is 9.94. The van der Waals surface area contributed by atoms with E-state index in [2.05, 4.69) is 0 Å². The highest BCUT2D eigenvalue weighted by molar-refractivity contribution is 5.47. The summed E-state index contributed by atoms with van der Waals surface area (Å²) < 4.78 is 39.6. The van der Waals surface area contributed by atoms with Crippen LogP contribution in [0.4, 0.5) is 18.9 Å². The second-order valence-corrected chi connectivity index (χ2v) is 4.79. The largest absolute Gasteiger partial charge is 0.367 e. The summed E-state index contributed by atoms with van der Waals surface area (Å²) in [5.41, 5.74) is 6.82. The Hall–Kier alpha value is -2.01. The lowest BCUT2D eigenvalue weighted by atomic mass is 10.1. The maximum absolute atomic E-state index is 13.3. The van der Waals surface area contributed by atoms with Gasteiger partial charge in [0.15, 0.2) is 11.6 Å². The summed E-state index contributed by atoms with van der Waals surface area (Å²) in [5.74, 6) is -2.10. The maximum atomic E-state index is 13.3. The minimum Gasteiger partial charge on any atom is -0.367 e. The Bertz CT molecular complexity index is 602. The Morgan fingerprint density at radius 1 is 0.952 bits per heavy atom. The molecule has 0 spiro atoms. The number of nitrogens with two attached hydrogens (primary N) is 1. The molecule has 21 heavy (non-hydrogen) atoms. The Morgan fingerprint density at radius 3 is 2.43 bits per heavy atom. The second kappa shape index (κ2) is 7.13. The fourth-order valence-electron chi connectivity index (χ4n) is 2.11. The predicted molar refractivity (Wildman–Crippen MR) is 77.5 cm³/mol. The molecule has 0 unspecified atom stereocenters. The zero-order valence-corrected chi connectivity index (χ0v) is 11.5. The first-order valence-corrected chi connectivity index (χ1v) is 6.74. The van der Waals surface area contributed by atoms with Crippen LogP contribution in [-0.2, 0) is 6.54 Å². The van der Waals surface area contributed by atoms with E-state index in [0.717, 1.165) is 18.6 Å². The van der Waals surface area contributed by atoms with Gasteiger partial charge in [-0.05, 0) is 48.9 Å². The van der Waals surface area contributed by atoms with Crippen molar-refractivity contribution in [3.63, 3.8) is 0 Å². The van der Waals surface area contributed by atoms with E-state index in [0.29, 0.717) is 30.9 Å². The normalized spacial score (nSPS) is 10.7. The smallest absolute Gasteiger partial charge is 0.159 e. The van der Waals surface area contributed by atoms with Gasteiger partial charge in [0.25, 0.3) is 0 Å². The van der Waals surface area contributed by atoms with Gasteiger partial charge in [-0.1, -0.05) is 12.1 Å². The SMILES string of the molecule is NCCCN(Cc1ccc(F)c(F)c1)c1cccc(F)c1. The molecule has 0 bridgehead atoms. The maximum Gasteiger partial charge on any atom is 0.159 e. The van der Waals surface area contributed by atoms with Crippen LogP contribution < -0.4 is 10.6 Å². The molecule has 0 aromatic heterocycles. The van der Waals surface area contributed by atoms with E-state index >= 15 is 0 Å². The third kappa shape index (κ3) is 4.23. The molecule has 0 radical (unpaired) electrons. The van der Waals surface area contributed by atoms with Gasteiger partial charge in [0.05, 0.1) is 0 Å². The molecule has 2 N–H and O–H groups in total. The molecule has 0 amide bonds. The summed E-state index contributed by atoms with van der Waals surface area (Å²) in [5, 5.41) is 0. The van der Waals surface area contributed by atoms with Crippen LogP contribution in [0.5, 0.6) is 0 Å². The monoisotopic (exact) mass is 294 g/mol. The topological polar surface area (TPSA) is 29.3 Å². The third-order valence-corrected chi connectivity index (χ3v) is 3.16. The Labute approximate surface area is 122 Å². The van der Waals surface area contributed by atoms with Crippen molar-refractivity contribution < 1.29 is 13.2 Å². The van der Waals surface area contributed by atoms with Crippen LogP contribution in [0.1, 0.15) is 12.0 Å². The van der Waals surface area contributed by atoms with Crippen LogP contribution in [0.3, 0.4) is 0 Å². The van der Waals surface area contributed by atoms with Crippen molar-refractivity contribution in [3.05, 3.63) is 65.5 Å². The third-order valence-electron chi connectivity index (χ3n) is 3.16. The van der Waals surface area contributed by atoms with Crippen LogP contribution in [-0.4, -0.2) is 13.1 Å². The lowest BCUT2D eigenvalue weighted by molar-refractivity contribution is 0.506. The standard InChI is InChI=1S/C16H17F3N2/c17-13-3-1-4-14(10-13)21(8-2-7-20)11-12-5-6-15(18)16(19)9-12/h1,3-6,9-10H,2,7-8,11,20H2. The minimum absolute atomic E-state index is 0.337. The molecule has 0 fully saturated rings. The van der Waals surface area contributed by atoms with Crippen molar-refractivity contribution in [1.29, 1.82) is 0 Å². The number of halogens is 3. The summed E-state index contributed by atoms with van der Waals surface area (Å²) in [7, 11) is 0. The van der Waals surface area contributed by atoms with E-state index in [1.165, 1.54) is 18.2 Å². The summed E-state index contributed by atoms with van der Waals surface area (Å²) in [4.78, 5) is 1.89. The van der Waals surface area contributed by atoms with Gasteiger partial charge >= 0.3 is 0 Å². The molecule has 0 atom stereocenters. The van der Waals surface area contributed by atoms with E-state index in [1.54, 1.807) is 12.1 Å². The number of rotatable bonds is 6. The fourth-order valence-corrected chi connectivity index (χ4v) is 2.11. The molecular weight excluding hydrogens is 277 g/mol. The highest BCUT2D eigenvalue weighted by Crippen LogP contribution is 2.19. The van der Waals surface area contributed by atoms with Crippen LogP contribution in [0.25, 0.3) is 0 Å². The minimum atomic E-state index is -0.884. The molecule has 0 heterocycles. The van der Waals surface area contributed by atoms with Crippen molar-refractivity contribution >= 4 is 5.69 Å². The van der Waals surface area contributed by atoms with Crippen molar-refractivity contribution in [2.45, 2.75) is 13.0 Å². The van der Waals surface area contributed by atoms with E-state index in [9.17, 15) is 13.2 Å². The van der Waals surface area contributed by atoms with E-state index in [1.807, 2.05) is 4.90 Å². The molecule has 2 aromatic carbocycles. The Balaban J connectivity index is 2.21. The van der Waals surface area contributed by atoms with Gasteiger partial charge in [0.2, 0.25) is 0 Å². The van der Waals surface area contributed by atoms with Gasteiger partial charge < -0.3 is 10.6 Å². The average Bonchev–Trinajstić information content (AvgIpc) is 2.47. The Morgan fingerprint density at radius 2 is 1.76 bits per heavy atom. The van der Waals surface area contributed by atoms with Gasteiger partial charge in [-0.2, -0.15) is 0 Å². The molecule has 2 aromatic rings. The highest BCUT2D eigenvalue weighted by Gasteiger charge is 2.10. The van der Waals surface area contributed by atoms with E-state index in [4.69, 9.17) is 5.73 Å². The van der Waals surface area contributed by atoms with Gasteiger partial charge in [0.1, 0.15) is 5.82 Å². The fraction of sp³-hybridized carbons (Fsp3) is 0.250. The molecule has 0 saturated carbocycles. The molecule has 5 heteroatoms. The van der Waals surface area contributed by atoms with Gasteiger partial charge in [-0.25, -0.2) is 13.2 Å². The molecule has 2 nitrogen and oxygen atoms in total. The summed E-state index contributed by atoms with van der Waals surface area (Å²) in [6.45, 7) is 1.48. The highest BCUT2D eigenvalue weighted by atomic mass is 19.2. The van der Waals surface area contributed by atoms with Crippen LogP contribution >= 0.6 is 0 Å². The number of hydrogen-bond acceptors (Lipinski definition) is 2. The Kier molecular flexibility index (Phi) is 5.22. The average molecular weight is 294 g/mol. The molecule has 0 saturated heterocycles. The van der Waals surface area contributed by atoms with Gasteiger partial charge in [0, 0.05) is 18.8 Å². The number of anilines is 1. The first-order valence-electron chi connectivity index (χ1n) is 6.74. The zero-order valence-electron chi connectivity index (χ0n) is 11.5. The molecule has 2 rings (SSSR count). The van der Waals surface area contributed by atoms with Crippen LogP contribution in [0.15, 0.2) is 42.5 Å². The molecule has 0 aliphatic rings. The van der Waals surface area contributed by atoms with Crippen LogP contribution in [0.2, 0.25) is 0 Å². The van der Waals surface area contributed by atoms with Gasteiger partial charge in [-0.15, -0.1) is 0 Å². The summed E-state index contributed by atoms with van der Waals surface area (Å²) in [6.07, 6.45) is 0.722. The first kappa shape index (κ1) is 15.4. The van der Waals surface area contributed by atoms with E-state index < -0.39 is 11.6 Å². The first-order chi connectivity index (χ1) is 10.1. The molecule has 0 aliphatic carbocycles. The molecule has 112 valence electrons. The number of benzene rings is 2. The lowest BCUT2D eigenvalue weighted by Gasteiger charge is -2.25. The van der Waals surface area contributed by atoms with Crippen LogP contribution in [0, 0.1) is 17.5 Å². The van der Waals surface area contributed by atoms with E-state index in [-0.39, 0.29) is 5.82 Å². The zero-order chi connectivity index (χ0) is 15.2. The number of hydrogen-bond donors (Lipinski definition) is 1. The second-order valence-electron chi connectivity index (χ2n) is 4.79. The van der Waals surface area contributed by atoms with Crippen molar-refractivity contribution in [1.82, 2.24) is 0 Å². The summed E-state index contributed by atoms with van der Waals surface area (Å²) >= 11 is 0. The molecule has 0 aliphatic heterocycles. The molecular formula is C16H17F3N2. The van der Waals surface area contributed by atoms with Crippen molar-refractivity contribution in [2.75, 3.05) is 18.0 Å².